The summed E-state index contributed by atoms with van der Waals surface area (Å²) in [6.45, 7) is 0. The first-order chi connectivity index (χ1) is 11.1. The maximum atomic E-state index is 13.7. The van der Waals surface area contributed by atoms with E-state index in [9.17, 15) is 14.3 Å². The minimum absolute atomic E-state index is 0.0143. The van der Waals surface area contributed by atoms with Gasteiger partial charge >= 0.3 is 0 Å². The molecule has 0 aromatic carbocycles. The molecule has 1 amide bonds. The summed E-state index contributed by atoms with van der Waals surface area (Å²) in [5.41, 5.74) is 1.03. The Morgan fingerprint density at radius 2 is 1.96 bits per heavy atom. The number of aromatic nitrogens is 2. The van der Waals surface area contributed by atoms with Gasteiger partial charge in [0, 0.05) is 24.6 Å². The number of pyridine rings is 2. The molecule has 2 aromatic rings. The van der Waals surface area contributed by atoms with Crippen LogP contribution in [0.5, 0.6) is 0 Å². The minimum Gasteiger partial charge on any atom is -0.393 e. The van der Waals surface area contributed by atoms with Gasteiger partial charge in [-0.1, -0.05) is 0 Å². The van der Waals surface area contributed by atoms with E-state index in [1.807, 2.05) is 12.1 Å². The molecule has 6 heteroatoms. The number of nitrogens with zero attached hydrogens (tertiary/aromatic N) is 2. The highest BCUT2D eigenvalue weighted by Crippen LogP contribution is 2.32. The van der Waals surface area contributed by atoms with Crippen LogP contribution in [0.2, 0.25) is 0 Å². The normalized spacial score (nSPS) is 21.3. The second-order valence-corrected chi connectivity index (χ2v) is 5.88. The van der Waals surface area contributed by atoms with Crippen LogP contribution < -0.4 is 5.32 Å². The third-order valence-corrected chi connectivity index (χ3v) is 4.26. The molecule has 2 heterocycles. The number of amides is 1. The van der Waals surface area contributed by atoms with Crippen molar-refractivity contribution in [1.29, 1.82) is 0 Å². The molecule has 0 radical (unpaired) electrons. The number of rotatable bonds is 5. The molecule has 23 heavy (non-hydrogen) atoms. The van der Waals surface area contributed by atoms with Crippen LogP contribution >= 0.6 is 0 Å². The molecule has 1 saturated carbocycles. The van der Waals surface area contributed by atoms with Crippen LogP contribution in [0.25, 0.3) is 0 Å². The first-order valence-electron chi connectivity index (χ1n) is 7.61. The van der Waals surface area contributed by atoms with E-state index in [-0.39, 0.29) is 23.6 Å². The van der Waals surface area contributed by atoms with Crippen molar-refractivity contribution < 1.29 is 14.3 Å². The summed E-state index contributed by atoms with van der Waals surface area (Å²) in [5.74, 6) is -0.904. The van der Waals surface area contributed by atoms with E-state index >= 15 is 0 Å². The Morgan fingerprint density at radius 1 is 1.26 bits per heavy atom. The second-order valence-electron chi connectivity index (χ2n) is 5.88. The fourth-order valence-corrected chi connectivity index (χ4v) is 2.87. The highest BCUT2D eigenvalue weighted by atomic mass is 19.1. The third kappa shape index (κ3) is 3.71. The van der Waals surface area contributed by atoms with Crippen LogP contribution in [0.3, 0.4) is 0 Å². The number of nitrogens with one attached hydrogen (secondary N) is 1. The molecule has 0 spiro atoms. The smallest absolute Gasteiger partial charge is 0.254 e. The molecule has 2 N–H and O–H groups in total. The van der Waals surface area contributed by atoms with Gasteiger partial charge in [0.2, 0.25) is 0 Å². The SMILES string of the molecule is O=C(N[C@@H](Cc1ccncc1)C1CC(O)C1)c1ccncc1F. The van der Waals surface area contributed by atoms with Crippen molar-refractivity contribution in [1.82, 2.24) is 15.3 Å². The van der Waals surface area contributed by atoms with Crippen molar-refractivity contribution in [3.63, 3.8) is 0 Å². The first kappa shape index (κ1) is 15.6. The molecular formula is C17H18FN3O2. The quantitative estimate of drug-likeness (QED) is 0.881. The molecule has 0 bridgehead atoms. The van der Waals surface area contributed by atoms with Crippen molar-refractivity contribution in [2.45, 2.75) is 31.4 Å². The van der Waals surface area contributed by atoms with E-state index in [2.05, 4.69) is 15.3 Å². The highest BCUT2D eigenvalue weighted by molar-refractivity contribution is 5.94. The van der Waals surface area contributed by atoms with Gasteiger partial charge in [-0.05, 0) is 48.9 Å². The van der Waals surface area contributed by atoms with Crippen LogP contribution in [0, 0.1) is 11.7 Å². The Kier molecular flexibility index (Phi) is 4.62. The van der Waals surface area contributed by atoms with E-state index in [1.54, 1.807) is 12.4 Å². The third-order valence-electron chi connectivity index (χ3n) is 4.26. The van der Waals surface area contributed by atoms with Gasteiger partial charge in [0.05, 0.1) is 17.9 Å². The lowest BCUT2D eigenvalue weighted by molar-refractivity contribution is 0.0239. The van der Waals surface area contributed by atoms with Crippen molar-refractivity contribution in [3.8, 4) is 0 Å². The van der Waals surface area contributed by atoms with Gasteiger partial charge in [-0.3, -0.25) is 14.8 Å². The van der Waals surface area contributed by atoms with Crippen molar-refractivity contribution >= 4 is 5.91 Å². The van der Waals surface area contributed by atoms with Gasteiger partial charge in [-0.2, -0.15) is 0 Å². The molecule has 5 nitrogen and oxygen atoms in total. The summed E-state index contributed by atoms with van der Waals surface area (Å²) in [7, 11) is 0. The summed E-state index contributed by atoms with van der Waals surface area (Å²) in [5, 5.41) is 12.4. The molecule has 0 saturated heterocycles. The number of carbonyl (C=O) groups excluding carboxylic acids is 1. The lowest BCUT2D eigenvalue weighted by Crippen LogP contribution is -2.48. The van der Waals surface area contributed by atoms with E-state index < -0.39 is 11.7 Å². The predicted molar refractivity (Wildman–Crippen MR) is 82.1 cm³/mol. The van der Waals surface area contributed by atoms with Crippen LogP contribution in [-0.2, 0) is 6.42 Å². The summed E-state index contributed by atoms with van der Waals surface area (Å²) < 4.78 is 13.7. The Morgan fingerprint density at radius 3 is 2.61 bits per heavy atom. The fraction of sp³-hybridized carbons (Fsp3) is 0.353. The largest absolute Gasteiger partial charge is 0.393 e. The number of aliphatic hydroxyl groups is 1. The Balaban J connectivity index is 1.73. The zero-order valence-corrected chi connectivity index (χ0v) is 12.5. The zero-order valence-electron chi connectivity index (χ0n) is 12.5. The van der Waals surface area contributed by atoms with E-state index in [4.69, 9.17) is 0 Å². The van der Waals surface area contributed by atoms with Crippen LogP contribution in [0.1, 0.15) is 28.8 Å². The lowest BCUT2D eigenvalue weighted by Gasteiger charge is -2.38. The Labute approximate surface area is 133 Å². The maximum absolute atomic E-state index is 13.7. The first-order valence-corrected chi connectivity index (χ1v) is 7.61. The molecule has 3 rings (SSSR count). The average molecular weight is 315 g/mol. The lowest BCUT2D eigenvalue weighted by atomic mass is 9.75. The molecule has 1 aliphatic rings. The molecule has 1 atom stereocenters. The second kappa shape index (κ2) is 6.83. The number of hydrogen-bond donors (Lipinski definition) is 2. The fourth-order valence-electron chi connectivity index (χ4n) is 2.87. The van der Waals surface area contributed by atoms with Crippen molar-refractivity contribution in [2.24, 2.45) is 5.92 Å². The van der Waals surface area contributed by atoms with Gasteiger partial charge in [0.25, 0.3) is 5.91 Å². The predicted octanol–water partition coefficient (Wildman–Crippen LogP) is 1.73. The Hall–Kier alpha value is -2.34. The average Bonchev–Trinajstić information content (AvgIpc) is 2.52. The van der Waals surface area contributed by atoms with Gasteiger partial charge in [0.15, 0.2) is 5.82 Å². The number of carbonyl (C=O) groups is 1. The summed E-state index contributed by atoms with van der Waals surface area (Å²) in [6, 6.07) is 4.99. The molecule has 1 fully saturated rings. The van der Waals surface area contributed by atoms with Crippen LogP contribution in [0.4, 0.5) is 4.39 Å². The zero-order chi connectivity index (χ0) is 16.2. The van der Waals surface area contributed by atoms with Crippen molar-refractivity contribution in [3.05, 3.63) is 59.9 Å². The van der Waals surface area contributed by atoms with E-state index in [0.29, 0.717) is 19.3 Å². The Bertz CT molecular complexity index is 675. The summed E-state index contributed by atoms with van der Waals surface area (Å²) >= 11 is 0. The molecule has 120 valence electrons. The van der Waals surface area contributed by atoms with Gasteiger partial charge in [0.1, 0.15) is 0 Å². The topological polar surface area (TPSA) is 75.1 Å². The molecule has 2 aromatic heterocycles. The van der Waals surface area contributed by atoms with Gasteiger partial charge < -0.3 is 10.4 Å². The van der Waals surface area contributed by atoms with E-state index in [0.717, 1.165) is 11.8 Å². The number of aliphatic hydroxyl groups excluding tert-OH is 1. The molecule has 1 aliphatic carbocycles. The monoisotopic (exact) mass is 315 g/mol. The minimum atomic E-state index is -0.638. The molecular weight excluding hydrogens is 297 g/mol. The summed E-state index contributed by atoms with van der Waals surface area (Å²) in [4.78, 5) is 20.0. The standard InChI is InChI=1S/C17H18FN3O2/c18-15-10-20-6-3-14(15)17(23)21-16(12-8-13(22)9-12)7-11-1-4-19-5-2-11/h1-6,10,12-13,16,22H,7-9H2,(H,21,23)/t12?,13?,16-/m0/s1. The van der Waals surface area contributed by atoms with Crippen molar-refractivity contribution in [2.75, 3.05) is 0 Å². The maximum Gasteiger partial charge on any atom is 0.254 e. The van der Waals surface area contributed by atoms with Crippen LogP contribution in [0.15, 0.2) is 43.0 Å². The number of halogens is 1. The molecule has 0 aliphatic heterocycles. The summed E-state index contributed by atoms with van der Waals surface area (Å²) in [6.07, 6.45) is 7.43. The van der Waals surface area contributed by atoms with Crippen LogP contribution in [-0.4, -0.2) is 33.1 Å². The number of hydrogen-bond acceptors (Lipinski definition) is 4. The highest BCUT2D eigenvalue weighted by Gasteiger charge is 2.35. The van der Waals surface area contributed by atoms with Gasteiger partial charge in [-0.15, -0.1) is 0 Å². The molecule has 0 unspecified atom stereocenters. The van der Waals surface area contributed by atoms with E-state index in [1.165, 1.54) is 12.3 Å². The van der Waals surface area contributed by atoms with Gasteiger partial charge in [-0.25, -0.2) is 4.39 Å².